The summed E-state index contributed by atoms with van der Waals surface area (Å²) in [6.07, 6.45) is 4.04. The van der Waals surface area contributed by atoms with Gasteiger partial charge in [0.2, 0.25) is 0 Å². The Labute approximate surface area is 137 Å². The van der Waals surface area contributed by atoms with Gasteiger partial charge in [0.15, 0.2) is 0 Å². The first-order chi connectivity index (χ1) is 11.3. The fraction of sp³-hybridized carbons (Fsp3) is 0.350. The summed E-state index contributed by atoms with van der Waals surface area (Å²) in [6.45, 7) is 1.19. The van der Waals surface area contributed by atoms with E-state index in [9.17, 15) is 4.79 Å². The predicted molar refractivity (Wildman–Crippen MR) is 92.7 cm³/mol. The molecule has 4 rings (SSSR count). The molecule has 2 saturated carbocycles. The highest BCUT2D eigenvalue weighted by Gasteiger charge is 2.38. The van der Waals surface area contributed by atoms with Crippen LogP contribution in [-0.2, 0) is 0 Å². The molecule has 2 aliphatic carbocycles. The summed E-state index contributed by atoms with van der Waals surface area (Å²) in [5.41, 5.74) is 2.91. The number of carbonyl (C=O) groups is 1. The Morgan fingerprint density at radius 2 is 1.74 bits per heavy atom. The van der Waals surface area contributed by atoms with Gasteiger partial charge in [0.05, 0.1) is 0 Å². The molecule has 0 aromatic heterocycles. The zero-order chi connectivity index (χ0) is 15.6. The normalized spacial score (nSPS) is 22.6. The van der Waals surface area contributed by atoms with Gasteiger partial charge in [0.1, 0.15) is 0 Å². The summed E-state index contributed by atoms with van der Waals surface area (Å²) in [7, 11) is 0. The number of amides is 1. The van der Waals surface area contributed by atoms with E-state index in [4.69, 9.17) is 0 Å². The third-order valence-electron chi connectivity index (χ3n) is 4.79. The summed E-state index contributed by atoms with van der Waals surface area (Å²) in [4.78, 5) is 12.1. The smallest absolute Gasteiger partial charge is 0.255 e. The van der Waals surface area contributed by atoms with Crippen molar-refractivity contribution in [1.82, 2.24) is 5.32 Å². The Morgan fingerprint density at radius 1 is 1.00 bits per heavy atom. The highest BCUT2D eigenvalue weighted by Crippen LogP contribution is 2.41. The molecule has 3 heteroatoms. The van der Waals surface area contributed by atoms with Gasteiger partial charge in [-0.25, -0.2) is 0 Å². The number of carbonyl (C=O) groups excluding carboxylic acids is 1. The first kappa shape index (κ1) is 14.5. The summed E-state index contributed by atoms with van der Waals surface area (Å²) < 4.78 is 0. The fourth-order valence-corrected chi connectivity index (χ4v) is 3.04. The van der Waals surface area contributed by atoms with Crippen molar-refractivity contribution in [3.8, 4) is 0 Å². The maximum atomic E-state index is 12.1. The van der Waals surface area contributed by atoms with E-state index in [1.165, 1.54) is 31.4 Å². The minimum absolute atomic E-state index is 0.0613. The van der Waals surface area contributed by atoms with Crippen molar-refractivity contribution < 1.29 is 4.79 Å². The van der Waals surface area contributed by atoms with Crippen molar-refractivity contribution in [1.29, 1.82) is 0 Å². The van der Waals surface area contributed by atoms with Crippen LogP contribution in [0.15, 0.2) is 54.6 Å². The Balaban J connectivity index is 1.32. The van der Waals surface area contributed by atoms with Crippen LogP contribution in [0.4, 0.5) is 5.69 Å². The van der Waals surface area contributed by atoms with E-state index in [1.807, 2.05) is 42.5 Å². The highest BCUT2D eigenvalue weighted by atomic mass is 16.1. The topological polar surface area (TPSA) is 41.1 Å². The molecule has 3 nitrogen and oxygen atoms in total. The van der Waals surface area contributed by atoms with E-state index in [2.05, 4.69) is 22.8 Å². The number of nitrogens with one attached hydrogen (secondary N) is 2. The number of hydrogen-bond donors (Lipinski definition) is 2. The number of rotatable bonds is 6. The van der Waals surface area contributed by atoms with Gasteiger partial charge in [0.25, 0.3) is 5.91 Å². The lowest BCUT2D eigenvalue weighted by molar-refractivity contribution is 0.102. The van der Waals surface area contributed by atoms with Crippen molar-refractivity contribution in [3.05, 3.63) is 65.7 Å². The molecular formula is C20H22N2O. The maximum absolute atomic E-state index is 12.1. The SMILES string of the molecule is O=C(Nc1ccc(C2CC2NCC2CC2)cc1)c1ccccc1. The van der Waals surface area contributed by atoms with Crippen molar-refractivity contribution in [3.63, 3.8) is 0 Å². The molecule has 0 bridgehead atoms. The third kappa shape index (κ3) is 3.62. The average molecular weight is 306 g/mol. The van der Waals surface area contributed by atoms with Crippen LogP contribution in [-0.4, -0.2) is 18.5 Å². The monoisotopic (exact) mass is 306 g/mol. The van der Waals surface area contributed by atoms with Gasteiger partial charge in [-0.05, 0) is 61.6 Å². The second kappa shape index (κ2) is 6.17. The predicted octanol–water partition coefficient (Wildman–Crippen LogP) is 3.79. The minimum Gasteiger partial charge on any atom is -0.322 e. The van der Waals surface area contributed by atoms with Gasteiger partial charge in [-0.15, -0.1) is 0 Å². The van der Waals surface area contributed by atoms with E-state index in [-0.39, 0.29) is 5.91 Å². The van der Waals surface area contributed by atoms with E-state index in [0.29, 0.717) is 17.5 Å². The molecule has 0 saturated heterocycles. The van der Waals surface area contributed by atoms with Crippen molar-refractivity contribution >= 4 is 11.6 Å². The lowest BCUT2D eigenvalue weighted by Gasteiger charge is -2.07. The van der Waals surface area contributed by atoms with Crippen LogP contribution in [0.1, 0.15) is 41.1 Å². The standard InChI is InChI=1S/C20H22N2O/c23-20(16-4-2-1-3-5-16)22-17-10-8-15(9-11-17)18-12-19(18)21-13-14-6-7-14/h1-5,8-11,14,18-19,21H,6-7,12-13H2,(H,22,23). The molecule has 23 heavy (non-hydrogen) atoms. The average Bonchev–Trinajstić information content (AvgIpc) is 3.49. The van der Waals surface area contributed by atoms with Crippen LogP contribution in [0.25, 0.3) is 0 Å². The Hall–Kier alpha value is -2.13. The second-order valence-corrected chi connectivity index (χ2v) is 6.74. The molecule has 2 atom stereocenters. The van der Waals surface area contributed by atoms with Crippen molar-refractivity contribution in [2.75, 3.05) is 11.9 Å². The van der Waals surface area contributed by atoms with E-state index >= 15 is 0 Å². The Kier molecular flexibility index (Phi) is 3.88. The Morgan fingerprint density at radius 3 is 2.43 bits per heavy atom. The van der Waals surface area contributed by atoms with Gasteiger partial charge < -0.3 is 10.6 Å². The van der Waals surface area contributed by atoms with Gasteiger partial charge in [0, 0.05) is 23.2 Å². The van der Waals surface area contributed by atoms with Crippen molar-refractivity contribution in [2.24, 2.45) is 5.92 Å². The van der Waals surface area contributed by atoms with Crippen LogP contribution < -0.4 is 10.6 Å². The Bertz CT molecular complexity index is 677. The molecule has 2 aromatic rings. The third-order valence-corrected chi connectivity index (χ3v) is 4.79. The first-order valence-corrected chi connectivity index (χ1v) is 8.49. The molecule has 0 spiro atoms. The molecule has 2 N–H and O–H groups in total. The van der Waals surface area contributed by atoms with Gasteiger partial charge in [-0.2, -0.15) is 0 Å². The summed E-state index contributed by atoms with van der Waals surface area (Å²) in [6, 6.07) is 18.3. The van der Waals surface area contributed by atoms with Crippen LogP contribution in [0, 0.1) is 5.92 Å². The molecule has 2 aromatic carbocycles. The summed E-state index contributed by atoms with van der Waals surface area (Å²) in [5.74, 6) is 1.52. The molecule has 1 amide bonds. The number of hydrogen-bond acceptors (Lipinski definition) is 2. The van der Waals surface area contributed by atoms with Crippen LogP contribution in [0.3, 0.4) is 0 Å². The van der Waals surface area contributed by atoms with Crippen LogP contribution >= 0.6 is 0 Å². The molecule has 2 unspecified atom stereocenters. The molecule has 2 aliphatic rings. The van der Waals surface area contributed by atoms with Gasteiger partial charge >= 0.3 is 0 Å². The maximum Gasteiger partial charge on any atom is 0.255 e. The van der Waals surface area contributed by atoms with Gasteiger partial charge in [-0.3, -0.25) is 4.79 Å². The zero-order valence-corrected chi connectivity index (χ0v) is 13.2. The van der Waals surface area contributed by atoms with Crippen molar-refractivity contribution in [2.45, 2.75) is 31.2 Å². The summed E-state index contributed by atoms with van der Waals surface area (Å²) in [5, 5.41) is 6.62. The molecule has 0 aliphatic heterocycles. The molecular weight excluding hydrogens is 284 g/mol. The number of anilines is 1. The van der Waals surface area contributed by atoms with Crippen LogP contribution in [0.2, 0.25) is 0 Å². The van der Waals surface area contributed by atoms with E-state index in [0.717, 1.165) is 11.6 Å². The van der Waals surface area contributed by atoms with E-state index in [1.54, 1.807) is 0 Å². The quantitative estimate of drug-likeness (QED) is 0.852. The van der Waals surface area contributed by atoms with Gasteiger partial charge in [-0.1, -0.05) is 30.3 Å². The zero-order valence-electron chi connectivity index (χ0n) is 13.2. The second-order valence-electron chi connectivity index (χ2n) is 6.74. The first-order valence-electron chi connectivity index (χ1n) is 8.49. The minimum atomic E-state index is -0.0613. The summed E-state index contributed by atoms with van der Waals surface area (Å²) >= 11 is 0. The lowest BCUT2D eigenvalue weighted by atomic mass is 10.1. The fourth-order valence-electron chi connectivity index (χ4n) is 3.04. The highest BCUT2D eigenvalue weighted by molar-refractivity contribution is 6.04. The largest absolute Gasteiger partial charge is 0.322 e. The molecule has 0 heterocycles. The molecule has 0 radical (unpaired) electrons. The lowest BCUT2D eigenvalue weighted by Crippen LogP contribution is -2.20. The molecule has 2 fully saturated rings. The molecule has 118 valence electrons. The number of benzene rings is 2. The van der Waals surface area contributed by atoms with E-state index < -0.39 is 0 Å². The van der Waals surface area contributed by atoms with Crippen LogP contribution in [0.5, 0.6) is 0 Å².